The van der Waals surface area contributed by atoms with Gasteiger partial charge in [-0.3, -0.25) is 0 Å². The van der Waals surface area contributed by atoms with Crippen molar-refractivity contribution in [2.75, 3.05) is 6.61 Å². The summed E-state index contributed by atoms with van der Waals surface area (Å²) in [5.74, 6) is -0.926. The number of aliphatic hydroxyl groups is 1. The van der Waals surface area contributed by atoms with Gasteiger partial charge >= 0.3 is 5.97 Å². The lowest BCUT2D eigenvalue weighted by molar-refractivity contribution is 0.0698. The first-order chi connectivity index (χ1) is 7.63. The highest BCUT2D eigenvalue weighted by Crippen LogP contribution is 2.23. The minimum absolute atomic E-state index is 0.0668. The van der Waals surface area contributed by atoms with Gasteiger partial charge in [0.25, 0.3) is 0 Å². The molecule has 0 saturated heterocycles. The van der Waals surface area contributed by atoms with E-state index in [0.29, 0.717) is 23.1 Å². The van der Waals surface area contributed by atoms with Gasteiger partial charge in [0, 0.05) is 23.2 Å². The Balaban J connectivity index is 2.64. The van der Waals surface area contributed by atoms with Gasteiger partial charge in [-0.2, -0.15) is 0 Å². The Morgan fingerprint density at radius 3 is 2.81 bits per heavy atom. The number of benzene rings is 1. The van der Waals surface area contributed by atoms with Gasteiger partial charge in [-0.05, 0) is 31.0 Å². The normalized spacial score (nSPS) is 10.9. The molecule has 2 aromatic rings. The van der Waals surface area contributed by atoms with Crippen LogP contribution in [0.1, 0.15) is 21.6 Å². The average molecular weight is 219 g/mol. The average Bonchev–Trinajstić information content (AvgIpc) is 2.53. The van der Waals surface area contributed by atoms with Crippen LogP contribution in [0.3, 0.4) is 0 Å². The number of H-pyrrole nitrogens is 1. The maximum absolute atomic E-state index is 11.1. The fourth-order valence-electron chi connectivity index (χ4n) is 1.93. The van der Waals surface area contributed by atoms with Crippen LogP contribution in [0.15, 0.2) is 18.2 Å². The zero-order chi connectivity index (χ0) is 11.7. The number of aryl methyl sites for hydroxylation is 1. The second kappa shape index (κ2) is 3.98. The molecule has 0 fully saturated rings. The minimum atomic E-state index is -0.926. The molecule has 3 N–H and O–H groups in total. The van der Waals surface area contributed by atoms with Gasteiger partial charge in [-0.1, -0.05) is 6.07 Å². The molecule has 84 valence electrons. The number of rotatable bonds is 3. The second-order valence-electron chi connectivity index (χ2n) is 3.78. The first kappa shape index (κ1) is 10.7. The molecule has 0 unspecified atom stereocenters. The zero-order valence-corrected chi connectivity index (χ0v) is 8.95. The van der Waals surface area contributed by atoms with Crippen LogP contribution < -0.4 is 0 Å². The number of fused-ring (bicyclic) bond motifs is 1. The molecule has 1 heterocycles. The summed E-state index contributed by atoms with van der Waals surface area (Å²) in [5, 5.41) is 18.7. The summed E-state index contributed by atoms with van der Waals surface area (Å²) in [7, 11) is 0. The van der Waals surface area contributed by atoms with E-state index in [1.165, 1.54) is 0 Å². The summed E-state index contributed by atoms with van der Waals surface area (Å²) in [4.78, 5) is 14.1. The molecule has 0 spiro atoms. The highest BCUT2D eigenvalue weighted by atomic mass is 16.4. The number of hydrogen-bond acceptors (Lipinski definition) is 2. The number of aromatic carboxylic acids is 1. The van der Waals surface area contributed by atoms with E-state index in [-0.39, 0.29) is 6.61 Å². The molecular weight excluding hydrogens is 206 g/mol. The molecular formula is C12H13NO3. The lowest BCUT2D eigenvalue weighted by atomic mass is 10.1. The molecule has 0 amide bonds. The standard InChI is InChI=1S/C12H13NO3/c1-7-11(12(15)16)9-6-8(4-5-14)2-3-10(9)13-7/h2-3,6,13-14H,4-5H2,1H3,(H,15,16). The van der Waals surface area contributed by atoms with Crippen molar-refractivity contribution < 1.29 is 15.0 Å². The Bertz CT molecular complexity index is 542. The SMILES string of the molecule is Cc1[nH]c2ccc(CCO)cc2c1C(=O)O. The molecule has 1 aromatic heterocycles. The van der Waals surface area contributed by atoms with Crippen molar-refractivity contribution in [2.24, 2.45) is 0 Å². The molecule has 0 aliphatic rings. The molecule has 0 atom stereocenters. The van der Waals surface area contributed by atoms with Crippen molar-refractivity contribution in [1.29, 1.82) is 0 Å². The number of carbonyl (C=O) groups is 1. The number of aromatic amines is 1. The van der Waals surface area contributed by atoms with Crippen LogP contribution in [0.25, 0.3) is 10.9 Å². The zero-order valence-electron chi connectivity index (χ0n) is 8.95. The lowest BCUT2D eigenvalue weighted by Gasteiger charge is -1.99. The summed E-state index contributed by atoms with van der Waals surface area (Å²) in [6.07, 6.45) is 0.541. The number of aliphatic hydroxyl groups excluding tert-OH is 1. The smallest absolute Gasteiger partial charge is 0.338 e. The molecule has 0 saturated carbocycles. The van der Waals surface area contributed by atoms with Crippen molar-refractivity contribution in [1.82, 2.24) is 4.98 Å². The first-order valence-corrected chi connectivity index (χ1v) is 5.09. The molecule has 2 rings (SSSR count). The van der Waals surface area contributed by atoms with E-state index in [1.807, 2.05) is 18.2 Å². The molecule has 1 aromatic carbocycles. The van der Waals surface area contributed by atoms with E-state index in [2.05, 4.69) is 4.98 Å². The molecule has 4 heteroatoms. The van der Waals surface area contributed by atoms with Crippen LogP contribution in [-0.2, 0) is 6.42 Å². The predicted molar refractivity (Wildman–Crippen MR) is 60.8 cm³/mol. The Morgan fingerprint density at radius 1 is 1.44 bits per heavy atom. The predicted octanol–water partition coefficient (Wildman–Crippen LogP) is 1.71. The largest absolute Gasteiger partial charge is 0.478 e. The Morgan fingerprint density at radius 2 is 2.19 bits per heavy atom. The van der Waals surface area contributed by atoms with E-state index < -0.39 is 5.97 Å². The van der Waals surface area contributed by atoms with Crippen LogP contribution in [0.2, 0.25) is 0 Å². The van der Waals surface area contributed by atoms with Crippen LogP contribution in [0, 0.1) is 6.92 Å². The van der Waals surface area contributed by atoms with Crippen molar-refractivity contribution in [3.05, 3.63) is 35.0 Å². The van der Waals surface area contributed by atoms with Gasteiger partial charge in [0.1, 0.15) is 0 Å². The molecule has 16 heavy (non-hydrogen) atoms. The number of carboxylic acid groups (broad SMARTS) is 1. The van der Waals surface area contributed by atoms with Crippen molar-refractivity contribution in [3.63, 3.8) is 0 Å². The summed E-state index contributed by atoms with van der Waals surface area (Å²) in [5.41, 5.74) is 2.73. The van der Waals surface area contributed by atoms with Gasteiger partial charge in [0.2, 0.25) is 0 Å². The Kier molecular flexibility index (Phi) is 2.66. The van der Waals surface area contributed by atoms with Gasteiger partial charge in [0.05, 0.1) is 5.56 Å². The van der Waals surface area contributed by atoms with Gasteiger partial charge in [-0.15, -0.1) is 0 Å². The second-order valence-corrected chi connectivity index (χ2v) is 3.78. The lowest BCUT2D eigenvalue weighted by Crippen LogP contribution is -1.97. The van der Waals surface area contributed by atoms with E-state index in [0.717, 1.165) is 11.1 Å². The molecule has 0 radical (unpaired) electrons. The first-order valence-electron chi connectivity index (χ1n) is 5.09. The fourth-order valence-corrected chi connectivity index (χ4v) is 1.93. The highest BCUT2D eigenvalue weighted by Gasteiger charge is 2.14. The summed E-state index contributed by atoms with van der Waals surface area (Å²) >= 11 is 0. The van der Waals surface area contributed by atoms with Crippen LogP contribution >= 0.6 is 0 Å². The maximum atomic E-state index is 11.1. The molecule has 0 aliphatic carbocycles. The topological polar surface area (TPSA) is 73.3 Å². The number of aromatic nitrogens is 1. The summed E-state index contributed by atoms with van der Waals surface area (Å²) in [6.45, 7) is 1.81. The van der Waals surface area contributed by atoms with Crippen LogP contribution in [0.5, 0.6) is 0 Å². The fraction of sp³-hybridized carbons (Fsp3) is 0.250. The highest BCUT2D eigenvalue weighted by molar-refractivity contribution is 6.04. The third-order valence-corrected chi connectivity index (χ3v) is 2.66. The van der Waals surface area contributed by atoms with Gasteiger partial charge < -0.3 is 15.2 Å². The molecule has 4 nitrogen and oxygen atoms in total. The van der Waals surface area contributed by atoms with E-state index in [4.69, 9.17) is 10.2 Å². The van der Waals surface area contributed by atoms with Crippen LogP contribution in [-0.4, -0.2) is 27.8 Å². The van der Waals surface area contributed by atoms with E-state index >= 15 is 0 Å². The van der Waals surface area contributed by atoms with Crippen molar-refractivity contribution >= 4 is 16.9 Å². The Labute approximate surface area is 92.5 Å². The van der Waals surface area contributed by atoms with Gasteiger partial charge in [0.15, 0.2) is 0 Å². The van der Waals surface area contributed by atoms with Crippen molar-refractivity contribution in [3.8, 4) is 0 Å². The quantitative estimate of drug-likeness (QED) is 0.735. The number of nitrogens with one attached hydrogen (secondary N) is 1. The minimum Gasteiger partial charge on any atom is -0.478 e. The summed E-state index contributed by atoms with van der Waals surface area (Å²) in [6, 6.07) is 5.55. The van der Waals surface area contributed by atoms with Gasteiger partial charge in [-0.25, -0.2) is 4.79 Å². The molecule has 0 aliphatic heterocycles. The third kappa shape index (κ3) is 1.67. The molecule has 0 bridgehead atoms. The number of carboxylic acids is 1. The van der Waals surface area contributed by atoms with E-state index in [1.54, 1.807) is 6.92 Å². The monoisotopic (exact) mass is 219 g/mol. The maximum Gasteiger partial charge on any atom is 0.338 e. The van der Waals surface area contributed by atoms with Crippen LogP contribution in [0.4, 0.5) is 0 Å². The third-order valence-electron chi connectivity index (χ3n) is 2.66. The van der Waals surface area contributed by atoms with E-state index in [9.17, 15) is 4.79 Å². The Hall–Kier alpha value is -1.81. The number of hydrogen-bond donors (Lipinski definition) is 3. The summed E-state index contributed by atoms with van der Waals surface area (Å²) < 4.78 is 0. The van der Waals surface area contributed by atoms with Crippen molar-refractivity contribution in [2.45, 2.75) is 13.3 Å².